The monoisotopic (exact) mass is 427 g/mol. The lowest BCUT2D eigenvalue weighted by atomic mass is 9.79. The zero-order chi connectivity index (χ0) is 21.0. The summed E-state index contributed by atoms with van der Waals surface area (Å²) in [7, 11) is 2.57. The van der Waals surface area contributed by atoms with E-state index in [1.54, 1.807) is 36.9 Å². The summed E-state index contributed by atoms with van der Waals surface area (Å²) < 4.78 is 15.6. The van der Waals surface area contributed by atoms with Gasteiger partial charge in [0.1, 0.15) is 6.73 Å². The molecule has 6 nitrogen and oxygen atoms in total. The predicted molar refractivity (Wildman–Crippen MR) is 107 cm³/mol. The Bertz CT molecular complexity index is 807. The number of carbonyl (C=O) groups is 2. The van der Waals surface area contributed by atoms with Gasteiger partial charge in [-0.05, 0) is 32.4 Å². The zero-order valence-corrected chi connectivity index (χ0v) is 18.0. The summed E-state index contributed by atoms with van der Waals surface area (Å²) in [5.74, 6) is -1.94. The van der Waals surface area contributed by atoms with Crippen molar-refractivity contribution in [3.63, 3.8) is 0 Å². The van der Waals surface area contributed by atoms with Crippen LogP contribution in [0.15, 0.2) is 40.7 Å². The standard InChI is InChI=1S/C20H23Cl2NO5/c1-6-28-10-23-11(2)15(19(24)26-4)17(16(12(23)3)20(25)27-5)13-8-7-9-14(21)18(13)22/h7-9,17H,6,10H2,1-5H3. The number of hydrogen-bond donors (Lipinski definition) is 0. The van der Waals surface area contributed by atoms with Crippen LogP contribution in [0.1, 0.15) is 32.3 Å². The molecule has 1 aromatic carbocycles. The second kappa shape index (κ2) is 9.45. The zero-order valence-electron chi connectivity index (χ0n) is 16.5. The van der Waals surface area contributed by atoms with Crippen LogP contribution in [0.25, 0.3) is 0 Å². The van der Waals surface area contributed by atoms with Gasteiger partial charge in [0.2, 0.25) is 0 Å². The fraction of sp³-hybridized carbons (Fsp3) is 0.400. The molecule has 0 N–H and O–H groups in total. The van der Waals surface area contributed by atoms with Crippen LogP contribution in [0.4, 0.5) is 0 Å². The van der Waals surface area contributed by atoms with Crippen molar-refractivity contribution in [3.05, 3.63) is 56.3 Å². The fourth-order valence-electron chi connectivity index (χ4n) is 3.29. The third kappa shape index (κ3) is 4.04. The molecule has 0 radical (unpaired) electrons. The summed E-state index contributed by atoms with van der Waals surface area (Å²) in [4.78, 5) is 27.2. The van der Waals surface area contributed by atoms with Crippen LogP contribution in [0.2, 0.25) is 10.0 Å². The van der Waals surface area contributed by atoms with Gasteiger partial charge in [-0.25, -0.2) is 9.59 Å². The molecular weight excluding hydrogens is 405 g/mol. The van der Waals surface area contributed by atoms with Gasteiger partial charge in [-0.1, -0.05) is 35.3 Å². The van der Waals surface area contributed by atoms with Crippen molar-refractivity contribution in [2.24, 2.45) is 0 Å². The summed E-state index contributed by atoms with van der Waals surface area (Å²) in [5.41, 5.74) is 2.28. The molecule has 0 spiro atoms. The summed E-state index contributed by atoms with van der Waals surface area (Å²) in [6.45, 7) is 6.05. The molecule has 2 rings (SSSR count). The number of allylic oxidation sites excluding steroid dienone is 2. The third-order valence-corrected chi connectivity index (χ3v) is 5.53. The lowest BCUT2D eigenvalue weighted by Gasteiger charge is -2.37. The molecule has 0 saturated heterocycles. The van der Waals surface area contributed by atoms with E-state index >= 15 is 0 Å². The minimum atomic E-state index is -0.788. The number of rotatable bonds is 6. The van der Waals surface area contributed by atoms with E-state index < -0.39 is 17.9 Å². The number of benzene rings is 1. The van der Waals surface area contributed by atoms with Crippen molar-refractivity contribution in [1.29, 1.82) is 0 Å². The SMILES string of the molecule is CCOCN1C(C)=C(C(=O)OC)C(c2cccc(Cl)c2Cl)C(C(=O)OC)=C1C. The Hall–Kier alpha value is -2.02. The van der Waals surface area contributed by atoms with Crippen LogP contribution in [0.3, 0.4) is 0 Å². The first-order chi connectivity index (χ1) is 13.3. The highest BCUT2D eigenvalue weighted by Crippen LogP contribution is 2.45. The van der Waals surface area contributed by atoms with Crippen LogP contribution >= 0.6 is 23.2 Å². The molecule has 1 aliphatic rings. The molecule has 1 aliphatic heterocycles. The molecule has 152 valence electrons. The van der Waals surface area contributed by atoms with Crippen LogP contribution in [-0.4, -0.2) is 44.4 Å². The molecule has 8 heteroatoms. The highest BCUT2D eigenvalue weighted by Gasteiger charge is 2.41. The number of carbonyl (C=O) groups excluding carboxylic acids is 2. The first-order valence-corrected chi connectivity index (χ1v) is 9.42. The Kier molecular flexibility index (Phi) is 7.52. The highest BCUT2D eigenvalue weighted by molar-refractivity contribution is 6.42. The lowest BCUT2D eigenvalue weighted by Crippen LogP contribution is -2.36. The van der Waals surface area contributed by atoms with Crippen LogP contribution < -0.4 is 0 Å². The van der Waals surface area contributed by atoms with Crippen molar-refractivity contribution in [2.75, 3.05) is 27.6 Å². The number of ether oxygens (including phenoxy) is 3. The minimum Gasteiger partial charge on any atom is -0.466 e. The van der Waals surface area contributed by atoms with Crippen LogP contribution in [0.5, 0.6) is 0 Å². The van der Waals surface area contributed by atoms with Crippen LogP contribution in [-0.2, 0) is 23.8 Å². The average molecular weight is 428 g/mol. The first-order valence-electron chi connectivity index (χ1n) is 8.67. The minimum absolute atomic E-state index is 0.172. The third-order valence-electron chi connectivity index (χ3n) is 4.69. The molecule has 1 aromatic rings. The largest absolute Gasteiger partial charge is 0.466 e. The van der Waals surface area contributed by atoms with E-state index in [1.807, 2.05) is 6.92 Å². The van der Waals surface area contributed by atoms with Gasteiger partial charge in [0.15, 0.2) is 0 Å². The smallest absolute Gasteiger partial charge is 0.336 e. The number of methoxy groups -OCH3 is 2. The predicted octanol–water partition coefficient (Wildman–Crippen LogP) is 4.28. The highest BCUT2D eigenvalue weighted by atomic mass is 35.5. The summed E-state index contributed by atoms with van der Waals surface area (Å²) in [6.07, 6.45) is 0. The Labute approximate surface area is 174 Å². The molecule has 0 aliphatic carbocycles. The number of hydrogen-bond acceptors (Lipinski definition) is 6. The summed E-state index contributed by atoms with van der Waals surface area (Å²) in [5, 5.41) is 0.579. The quantitative estimate of drug-likeness (QED) is 0.631. The number of halogens is 2. The molecule has 0 bridgehead atoms. The van der Waals surface area contributed by atoms with E-state index in [2.05, 4.69) is 0 Å². The maximum Gasteiger partial charge on any atom is 0.336 e. The van der Waals surface area contributed by atoms with E-state index in [-0.39, 0.29) is 22.9 Å². The van der Waals surface area contributed by atoms with E-state index in [9.17, 15) is 9.59 Å². The molecular formula is C20H23Cl2NO5. The maximum atomic E-state index is 12.7. The van der Waals surface area contributed by atoms with Gasteiger partial charge in [0, 0.05) is 18.0 Å². The van der Waals surface area contributed by atoms with E-state index in [4.69, 9.17) is 37.4 Å². The fourth-order valence-corrected chi connectivity index (χ4v) is 3.70. The molecule has 28 heavy (non-hydrogen) atoms. The Morgan fingerprint density at radius 1 is 1.04 bits per heavy atom. The molecule has 0 unspecified atom stereocenters. The van der Waals surface area contributed by atoms with Gasteiger partial charge >= 0.3 is 11.9 Å². The van der Waals surface area contributed by atoms with Gasteiger partial charge in [-0.2, -0.15) is 0 Å². The number of esters is 2. The molecule has 0 saturated carbocycles. The van der Waals surface area contributed by atoms with Crippen molar-refractivity contribution in [1.82, 2.24) is 4.90 Å². The van der Waals surface area contributed by atoms with Gasteiger partial charge in [-0.15, -0.1) is 0 Å². The topological polar surface area (TPSA) is 65.1 Å². The van der Waals surface area contributed by atoms with Gasteiger partial charge < -0.3 is 19.1 Å². The van der Waals surface area contributed by atoms with E-state index in [1.165, 1.54) is 14.2 Å². The normalized spacial score (nSPS) is 15.2. The Balaban J connectivity index is 2.82. The molecule has 0 amide bonds. The van der Waals surface area contributed by atoms with Crippen molar-refractivity contribution in [2.45, 2.75) is 26.7 Å². The Morgan fingerprint density at radius 2 is 1.57 bits per heavy atom. The van der Waals surface area contributed by atoms with Gasteiger partial charge in [0.25, 0.3) is 0 Å². The second-order valence-corrected chi connectivity index (χ2v) is 6.89. The van der Waals surface area contributed by atoms with Crippen LogP contribution in [0, 0.1) is 0 Å². The molecule has 0 fully saturated rings. The van der Waals surface area contributed by atoms with Gasteiger partial charge in [0.05, 0.1) is 41.3 Å². The molecule has 0 aromatic heterocycles. The first kappa shape index (κ1) is 22.3. The number of nitrogens with zero attached hydrogens (tertiary/aromatic N) is 1. The van der Waals surface area contributed by atoms with E-state index in [0.717, 1.165) is 0 Å². The van der Waals surface area contributed by atoms with Crippen molar-refractivity contribution >= 4 is 35.1 Å². The second-order valence-electron chi connectivity index (χ2n) is 6.11. The Morgan fingerprint density at radius 3 is 2.04 bits per heavy atom. The van der Waals surface area contributed by atoms with Crippen molar-refractivity contribution in [3.8, 4) is 0 Å². The average Bonchev–Trinajstić information content (AvgIpc) is 2.68. The maximum absolute atomic E-state index is 12.7. The summed E-state index contributed by atoms with van der Waals surface area (Å²) >= 11 is 12.6. The molecule has 1 heterocycles. The lowest BCUT2D eigenvalue weighted by molar-refractivity contribution is -0.137. The van der Waals surface area contributed by atoms with E-state index in [0.29, 0.717) is 28.6 Å². The molecule has 0 atom stereocenters. The van der Waals surface area contributed by atoms with Crippen molar-refractivity contribution < 1.29 is 23.8 Å². The van der Waals surface area contributed by atoms with Gasteiger partial charge in [-0.3, -0.25) is 0 Å². The summed E-state index contributed by atoms with van der Waals surface area (Å²) in [6, 6.07) is 5.08.